The van der Waals surface area contributed by atoms with Gasteiger partial charge >= 0.3 is 0 Å². The molecule has 3 aromatic rings. The number of fused-ring (bicyclic) bond motifs is 1. The second kappa shape index (κ2) is 10.0. The van der Waals surface area contributed by atoms with E-state index in [1.165, 1.54) is 0 Å². The first kappa shape index (κ1) is 25.0. The average Bonchev–Trinajstić information content (AvgIpc) is 2.84. The fourth-order valence-electron chi connectivity index (χ4n) is 5.43. The number of nitrogens with one attached hydrogen (secondary N) is 2. The van der Waals surface area contributed by atoms with E-state index < -0.39 is 16.4 Å². The molecule has 2 fully saturated rings. The highest BCUT2D eigenvalue weighted by atomic mass is 32.2. The van der Waals surface area contributed by atoms with Gasteiger partial charge in [0.2, 0.25) is 0 Å². The number of hydrogen-bond donors (Lipinski definition) is 3. The van der Waals surface area contributed by atoms with Crippen LogP contribution in [0.2, 0.25) is 0 Å². The van der Waals surface area contributed by atoms with Crippen LogP contribution in [0.4, 0.5) is 17.5 Å². The van der Waals surface area contributed by atoms with Crippen molar-refractivity contribution in [1.29, 1.82) is 0 Å². The monoisotopic (exact) mass is 508 g/mol. The molecule has 2 aliphatic rings. The smallest absolute Gasteiger partial charge is 0.162 e. The van der Waals surface area contributed by atoms with Crippen LogP contribution in [0.5, 0.6) is 0 Å². The molecule has 2 aromatic heterocycles. The van der Waals surface area contributed by atoms with E-state index in [0.717, 1.165) is 54.0 Å². The van der Waals surface area contributed by atoms with E-state index in [-0.39, 0.29) is 17.9 Å². The highest BCUT2D eigenvalue weighted by Crippen LogP contribution is 2.40. The maximum Gasteiger partial charge on any atom is 0.162 e. The molecule has 1 aromatic carbocycles. The maximum absolute atomic E-state index is 12.0. The van der Waals surface area contributed by atoms with Gasteiger partial charge in [-0.15, -0.1) is 0 Å². The Balaban J connectivity index is 1.57. The summed E-state index contributed by atoms with van der Waals surface area (Å²) in [4.78, 5) is 16.7. The highest BCUT2D eigenvalue weighted by molar-refractivity contribution is 7.84. The molecule has 0 spiro atoms. The SMILES string of the molecule is CC(C)c1c(Nc2ccnc(C3(O)CCNCC3C)n2)nc(N2CC[C@@H]2CS(C)=O)c2ccccc12. The predicted octanol–water partition coefficient (Wildman–Crippen LogP) is 3.67. The molecule has 0 radical (unpaired) electrons. The van der Waals surface area contributed by atoms with Gasteiger partial charge in [-0.1, -0.05) is 45.0 Å². The Bertz CT molecular complexity index is 1280. The van der Waals surface area contributed by atoms with Gasteiger partial charge in [0.1, 0.15) is 23.1 Å². The molecule has 3 unspecified atom stereocenters. The van der Waals surface area contributed by atoms with Gasteiger partial charge in [-0.25, -0.2) is 15.0 Å². The summed E-state index contributed by atoms with van der Waals surface area (Å²) >= 11 is 0. The Morgan fingerprint density at radius 3 is 2.69 bits per heavy atom. The number of hydrogen-bond acceptors (Lipinski definition) is 8. The zero-order chi connectivity index (χ0) is 25.4. The summed E-state index contributed by atoms with van der Waals surface area (Å²) in [5.41, 5.74) is 0.0616. The molecule has 2 aliphatic heterocycles. The van der Waals surface area contributed by atoms with Gasteiger partial charge in [0.25, 0.3) is 0 Å². The van der Waals surface area contributed by atoms with Crippen molar-refractivity contribution in [3.8, 4) is 0 Å². The molecule has 192 valence electrons. The van der Waals surface area contributed by atoms with Gasteiger partial charge in [0.05, 0.1) is 0 Å². The largest absolute Gasteiger partial charge is 0.381 e. The van der Waals surface area contributed by atoms with Gasteiger partial charge in [-0.3, -0.25) is 4.21 Å². The lowest BCUT2D eigenvalue weighted by Gasteiger charge is -2.42. The number of piperidine rings is 1. The normalized spacial score (nSPS) is 25.1. The standard InChI is InChI=1S/C27H36N6O2S/c1-17(2)23-20-7-5-6-8-21(20)25(33-14-10-19(33)16-36(4)35)32-24(23)30-22-9-12-29-26(31-22)27(34)11-13-28-15-18(27)3/h5-9,12,17-19,28,34H,10-11,13-16H2,1-4H3,(H,29,30,31,32)/t18?,19-,27?,36?/m1/s1. The van der Waals surface area contributed by atoms with E-state index in [1.54, 1.807) is 12.5 Å². The van der Waals surface area contributed by atoms with E-state index in [0.29, 0.717) is 23.8 Å². The first-order chi connectivity index (χ1) is 17.3. The number of benzene rings is 1. The minimum Gasteiger partial charge on any atom is -0.381 e. The third kappa shape index (κ3) is 4.60. The summed E-state index contributed by atoms with van der Waals surface area (Å²) in [6.07, 6.45) is 5.06. The van der Waals surface area contributed by atoms with Gasteiger partial charge in [-0.05, 0) is 36.8 Å². The third-order valence-electron chi connectivity index (χ3n) is 7.59. The summed E-state index contributed by atoms with van der Waals surface area (Å²) < 4.78 is 12.0. The van der Waals surface area contributed by atoms with E-state index in [2.05, 4.69) is 58.6 Å². The van der Waals surface area contributed by atoms with Crippen LogP contribution >= 0.6 is 0 Å². The molecule has 36 heavy (non-hydrogen) atoms. The number of rotatable bonds is 7. The second-order valence-corrected chi connectivity index (χ2v) is 11.9. The van der Waals surface area contributed by atoms with Gasteiger partial charge in [0, 0.05) is 65.0 Å². The number of anilines is 3. The van der Waals surface area contributed by atoms with Crippen molar-refractivity contribution >= 4 is 39.0 Å². The molecule has 0 bridgehead atoms. The number of aliphatic hydroxyl groups is 1. The molecule has 4 heterocycles. The molecule has 2 saturated heterocycles. The van der Waals surface area contributed by atoms with Crippen LogP contribution < -0.4 is 15.5 Å². The zero-order valence-corrected chi connectivity index (χ0v) is 22.3. The second-order valence-electron chi connectivity index (χ2n) is 10.4. The van der Waals surface area contributed by atoms with Crippen LogP contribution in [0, 0.1) is 5.92 Å². The number of pyridine rings is 1. The summed E-state index contributed by atoms with van der Waals surface area (Å²) in [5, 5.41) is 20.5. The minimum atomic E-state index is -1.06. The average molecular weight is 509 g/mol. The minimum absolute atomic E-state index is 0.00517. The van der Waals surface area contributed by atoms with E-state index >= 15 is 0 Å². The maximum atomic E-state index is 12.0. The van der Waals surface area contributed by atoms with Crippen molar-refractivity contribution in [3.05, 3.63) is 47.9 Å². The summed E-state index contributed by atoms with van der Waals surface area (Å²) in [5.74, 6) is 3.61. The van der Waals surface area contributed by atoms with Crippen LogP contribution in [0.1, 0.15) is 50.9 Å². The molecule has 0 amide bonds. The molecule has 0 saturated carbocycles. The van der Waals surface area contributed by atoms with Crippen molar-refractivity contribution in [1.82, 2.24) is 20.3 Å². The van der Waals surface area contributed by atoms with E-state index in [9.17, 15) is 9.32 Å². The van der Waals surface area contributed by atoms with Crippen molar-refractivity contribution in [2.75, 3.05) is 41.9 Å². The molecular formula is C27H36N6O2S. The molecule has 0 aliphatic carbocycles. The number of aromatic nitrogens is 3. The number of nitrogens with zero attached hydrogens (tertiary/aromatic N) is 4. The van der Waals surface area contributed by atoms with Crippen LogP contribution in [-0.2, 0) is 16.4 Å². The lowest BCUT2D eigenvalue weighted by Crippen LogP contribution is -2.51. The molecule has 5 rings (SSSR count). The van der Waals surface area contributed by atoms with Crippen molar-refractivity contribution in [3.63, 3.8) is 0 Å². The summed E-state index contributed by atoms with van der Waals surface area (Å²) in [6.45, 7) is 8.72. The van der Waals surface area contributed by atoms with Crippen molar-refractivity contribution in [2.45, 2.75) is 51.2 Å². The summed E-state index contributed by atoms with van der Waals surface area (Å²) in [7, 11) is -0.864. The van der Waals surface area contributed by atoms with Crippen molar-refractivity contribution < 1.29 is 9.32 Å². The van der Waals surface area contributed by atoms with Gasteiger partial charge in [0.15, 0.2) is 5.82 Å². The molecular weight excluding hydrogens is 472 g/mol. The van der Waals surface area contributed by atoms with Crippen LogP contribution in [0.3, 0.4) is 0 Å². The quantitative estimate of drug-likeness (QED) is 0.444. The fourth-order valence-corrected chi connectivity index (χ4v) is 6.32. The molecule has 4 atom stereocenters. The van der Waals surface area contributed by atoms with Crippen molar-refractivity contribution in [2.24, 2.45) is 5.92 Å². The van der Waals surface area contributed by atoms with Gasteiger partial charge in [-0.2, -0.15) is 0 Å². The van der Waals surface area contributed by atoms with Crippen LogP contribution in [0.15, 0.2) is 36.5 Å². The fraction of sp³-hybridized carbons (Fsp3) is 0.519. The Morgan fingerprint density at radius 1 is 1.25 bits per heavy atom. The first-order valence-electron chi connectivity index (χ1n) is 12.8. The third-order valence-corrected chi connectivity index (χ3v) is 8.44. The summed E-state index contributed by atoms with van der Waals surface area (Å²) in [6, 6.07) is 10.4. The van der Waals surface area contributed by atoms with Crippen LogP contribution in [-0.4, -0.2) is 62.0 Å². The van der Waals surface area contributed by atoms with E-state index in [4.69, 9.17) is 9.97 Å². The van der Waals surface area contributed by atoms with Gasteiger partial charge < -0.3 is 20.6 Å². The van der Waals surface area contributed by atoms with Crippen LogP contribution in [0.25, 0.3) is 10.8 Å². The Morgan fingerprint density at radius 2 is 2.03 bits per heavy atom. The molecule has 3 N–H and O–H groups in total. The molecule has 8 nitrogen and oxygen atoms in total. The lowest BCUT2D eigenvalue weighted by atomic mass is 9.82. The highest BCUT2D eigenvalue weighted by Gasteiger charge is 2.40. The Labute approximate surface area is 215 Å². The Hall–Kier alpha value is -2.62. The lowest BCUT2D eigenvalue weighted by molar-refractivity contribution is -0.0467. The first-order valence-corrected chi connectivity index (χ1v) is 14.5. The zero-order valence-electron chi connectivity index (χ0n) is 21.5. The topological polar surface area (TPSA) is 103 Å². The molecule has 9 heteroatoms. The Kier molecular flexibility index (Phi) is 6.98. The predicted molar refractivity (Wildman–Crippen MR) is 146 cm³/mol. The van der Waals surface area contributed by atoms with E-state index in [1.807, 2.05) is 13.0 Å².